The normalized spacial score (nSPS) is 12.4. The van der Waals surface area contributed by atoms with E-state index in [9.17, 15) is 0 Å². The maximum absolute atomic E-state index is 6.13. The minimum Gasteiger partial charge on any atom is -0.491 e. The second-order valence-electron chi connectivity index (χ2n) is 4.56. The molecular weight excluding hydrogens is 242 g/mol. The van der Waals surface area contributed by atoms with Crippen LogP contribution in [0, 0.1) is 20.8 Å². The van der Waals surface area contributed by atoms with Crippen molar-refractivity contribution in [3.63, 3.8) is 0 Å². The fourth-order valence-electron chi connectivity index (χ4n) is 1.79. The molecule has 0 aliphatic carbocycles. The summed E-state index contributed by atoms with van der Waals surface area (Å²) in [6.45, 7) is 6.77. The molecule has 1 heterocycles. The van der Waals surface area contributed by atoms with Crippen LogP contribution in [0.3, 0.4) is 0 Å². The van der Waals surface area contributed by atoms with Crippen LogP contribution < -0.4 is 10.5 Å². The highest BCUT2D eigenvalue weighted by Gasteiger charge is 2.10. The van der Waals surface area contributed by atoms with Crippen molar-refractivity contribution >= 4 is 11.3 Å². The average molecular weight is 261 g/mol. The van der Waals surface area contributed by atoms with Gasteiger partial charge in [-0.2, -0.15) is 0 Å². The van der Waals surface area contributed by atoms with Gasteiger partial charge < -0.3 is 10.5 Å². The predicted octanol–water partition coefficient (Wildman–Crippen LogP) is 3.75. The van der Waals surface area contributed by atoms with Crippen LogP contribution in [0.5, 0.6) is 5.75 Å². The molecule has 0 aliphatic heterocycles. The van der Waals surface area contributed by atoms with Crippen molar-refractivity contribution in [1.29, 1.82) is 0 Å². The lowest BCUT2D eigenvalue weighted by Gasteiger charge is -2.14. The number of benzene rings is 1. The summed E-state index contributed by atoms with van der Waals surface area (Å²) in [7, 11) is 0. The first-order chi connectivity index (χ1) is 8.58. The molecular formula is C15H19NOS. The zero-order valence-corrected chi connectivity index (χ0v) is 11.9. The van der Waals surface area contributed by atoms with Crippen molar-refractivity contribution in [2.24, 2.45) is 5.73 Å². The van der Waals surface area contributed by atoms with Crippen molar-refractivity contribution in [2.45, 2.75) is 26.8 Å². The fourth-order valence-corrected chi connectivity index (χ4v) is 2.66. The van der Waals surface area contributed by atoms with E-state index in [-0.39, 0.29) is 6.04 Å². The van der Waals surface area contributed by atoms with Crippen molar-refractivity contribution in [3.05, 3.63) is 51.2 Å². The third-order valence-electron chi connectivity index (χ3n) is 3.10. The number of nitrogens with two attached hydrogens (primary N) is 1. The molecule has 18 heavy (non-hydrogen) atoms. The molecule has 0 bridgehead atoms. The first-order valence-electron chi connectivity index (χ1n) is 6.09. The Balaban J connectivity index is 2.01. The fraction of sp³-hybridized carbons (Fsp3) is 0.333. The van der Waals surface area contributed by atoms with E-state index in [0.717, 1.165) is 5.75 Å². The first kappa shape index (κ1) is 13.1. The van der Waals surface area contributed by atoms with Gasteiger partial charge in [0.2, 0.25) is 0 Å². The topological polar surface area (TPSA) is 35.2 Å². The van der Waals surface area contributed by atoms with Crippen LogP contribution in [0.2, 0.25) is 0 Å². The quantitative estimate of drug-likeness (QED) is 0.909. The van der Waals surface area contributed by atoms with E-state index in [2.05, 4.69) is 39.0 Å². The minimum absolute atomic E-state index is 0.0522. The Morgan fingerprint density at radius 3 is 2.61 bits per heavy atom. The summed E-state index contributed by atoms with van der Waals surface area (Å²) < 4.78 is 5.82. The van der Waals surface area contributed by atoms with E-state index >= 15 is 0 Å². The monoisotopic (exact) mass is 261 g/mol. The van der Waals surface area contributed by atoms with Gasteiger partial charge in [0.15, 0.2) is 0 Å². The number of rotatable bonds is 4. The number of hydrogen-bond donors (Lipinski definition) is 1. The summed E-state index contributed by atoms with van der Waals surface area (Å²) in [5.41, 5.74) is 8.56. The van der Waals surface area contributed by atoms with Crippen molar-refractivity contribution in [3.8, 4) is 5.75 Å². The second-order valence-corrected chi connectivity index (χ2v) is 5.88. The highest BCUT2D eigenvalue weighted by atomic mass is 32.1. The average Bonchev–Trinajstić information content (AvgIpc) is 2.77. The Labute approximate surface area is 112 Å². The summed E-state index contributed by atoms with van der Waals surface area (Å²) in [5.74, 6) is 0.929. The third-order valence-corrected chi connectivity index (χ3v) is 4.23. The van der Waals surface area contributed by atoms with Crippen molar-refractivity contribution in [2.75, 3.05) is 6.61 Å². The molecule has 96 valence electrons. The van der Waals surface area contributed by atoms with E-state index in [1.807, 2.05) is 12.1 Å². The number of hydrogen-bond acceptors (Lipinski definition) is 3. The Kier molecular flexibility index (Phi) is 4.04. The molecule has 0 spiro atoms. The zero-order valence-electron chi connectivity index (χ0n) is 11.1. The van der Waals surface area contributed by atoms with Crippen molar-refractivity contribution < 1.29 is 4.74 Å². The van der Waals surface area contributed by atoms with Gasteiger partial charge in [-0.05, 0) is 50.1 Å². The molecule has 1 unspecified atom stereocenters. The molecule has 0 aliphatic rings. The number of aryl methyl sites for hydroxylation is 2. The molecule has 0 fully saturated rings. The maximum atomic E-state index is 6.13. The van der Waals surface area contributed by atoms with Crippen LogP contribution in [0.4, 0.5) is 0 Å². The van der Waals surface area contributed by atoms with Gasteiger partial charge in [-0.1, -0.05) is 12.1 Å². The minimum atomic E-state index is -0.0522. The zero-order chi connectivity index (χ0) is 13.1. The summed E-state index contributed by atoms with van der Waals surface area (Å²) in [6.07, 6.45) is 0. The van der Waals surface area contributed by atoms with Gasteiger partial charge in [-0.15, -0.1) is 11.3 Å². The Morgan fingerprint density at radius 2 is 1.94 bits per heavy atom. The summed E-state index contributed by atoms with van der Waals surface area (Å²) in [4.78, 5) is 2.46. The van der Waals surface area contributed by atoms with Gasteiger partial charge in [0.1, 0.15) is 12.4 Å². The molecule has 0 saturated heterocycles. The van der Waals surface area contributed by atoms with Crippen LogP contribution in [0.25, 0.3) is 0 Å². The van der Waals surface area contributed by atoms with E-state index in [4.69, 9.17) is 10.5 Å². The lowest BCUT2D eigenvalue weighted by molar-refractivity contribution is 0.290. The molecule has 3 heteroatoms. The highest BCUT2D eigenvalue weighted by molar-refractivity contribution is 7.12. The molecule has 1 aromatic carbocycles. The van der Waals surface area contributed by atoms with Crippen LogP contribution >= 0.6 is 11.3 Å². The van der Waals surface area contributed by atoms with Gasteiger partial charge in [0.05, 0.1) is 6.04 Å². The summed E-state index contributed by atoms with van der Waals surface area (Å²) in [5, 5.41) is 0. The Morgan fingerprint density at radius 1 is 1.17 bits per heavy atom. The van der Waals surface area contributed by atoms with Crippen LogP contribution in [0.1, 0.15) is 26.9 Å². The second kappa shape index (κ2) is 5.55. The molecule has 1 aromatic heterocycles. The Bertz CT molecular complexity index is 533. The largest absolute Gasteiger partial charge is 0.491 e. The molecule has 2 rings (SSSR count). The first-order valence-corrected chi connectivity index (χ1v) is 6.90. The van der Waals surface area contributed by atoms with Crippen LogP contribution in [0.15, 0.2) is 30.3 Å². The van der Waals surface area contributed by atoms with E-state index in [1.54, 1.807) is 11.3 Å². The summed E-state index contributed by atoms with van der Waals surface area (Å²) >= 11 is 1.73. The van der Waals surface area contributed by atoms with Gasteiger partial charge in [-0.3, -0.25) is 0 Å². The van der Waals surface area contributed by atoms with Gasteiger partial charge in [0, 0.05) is 9.75 Å². The molecule has 2 aromatic rings. The van der Waals surface area contributed by atoms with Gasteiger partial charge >= 0.3 is 0 Å². The van der Waals surface area contributed by atoms with Crippen LogP contribution in [-0.2, 0) is 0 Å². The predicted molar refractivity (Wildman–Crippen MR) is 77.4 cm³/mol. The number of ether oxygens (including phenoxy) is 1. The van der Waals surface area contributed by atoms with E-state index in [1.165, 1.54) is 20.9 Å². The molecule has 0 amide bonds. The molecule has 0 saturated carbocycles. The number of thiophene rings is 1. The smallest absolute Gasteiger partial charge is 0.122 e. The van der Waals surface area contributed by atoms with Gasteiger partial charge in [0.25, 0.3) is 0 Å². The molecule has 2 N–H and O–H groups in total. The van der Waals surface area contributed by atoms with Crippen molar-refractivity contribution in [1.82, 2.24) is 0 Å². The molecule has 2 nitrogen and oxygen atoms in total. The lowest BCUT2D eigenvalue weighted by atomic mass is 10.1. The maximum Gasteiger partial charge on any atom is 0.122 e. The van der Waals surface area contributed by atoms with E-state index < -0.39 is 0 Å². The highest BCUT2D eigenvalue weighted by Crippen LogP contribution is 2.24. The third kappa shape index (κ3) is 2.92. The molecule has 1 atom stereocenters. The van der Waals surface area contributed by atoms with Crippen LogP contribution in [-0.4, -0.2) is 6.61 Å². The van der Waals surface area contributed by atoms with Gasteiger partial charge in [-0.25, -0.2) is 0 Å². The summed E-state index contributed by atoms with van der Waals surface area (Å²) in [6, 6.07) is 10.2. The van der Waals surface area contributed by atoms with E-state index in [0.29, 0.717) is 6.61 Å². The molecule has 0 radical (unpaired) electrons. The lowest BCUT2D eigenvalue weighted by Crippen LogP contribution is -2.18. The Hall–Kier alpha value is -1.32. The SMILES string of the molecule is Cc1ccc(C(N)COc2cccc(C)c2C)s1. The standard InChI is InChI=1S/C15H19NOS/c1-10-5-4-6-14(12(10)3)17-9-13(16)15-8-7-11(2)18-15/h4-8,13H,9,16H2,1-3H3.